The number of rotatable bonds is 4. The number of carbonyl (C=O) groups is 1. The van der Waals surface area contributed by atoms with E-state index >= 15 is 0 Å². The first kappa shape index (κ1) is 14.5. The van der Waals surface area contributed by atoms with Crippen LogP contribution in [0.1, 0.15) is 39.5 Å². The third-order valence-electron chi connectivity index (χ3n) is 4.44. The monoisotopic (exact) mass is 265 g/mol. The van der Waals surface area contributed by atoms with Crippen LogP contribution in [0.2, 0.25) is 0 Å². The lowest BCUT2D eigenvalue weighted by molar-refractivity contribution is -0.130. The van der Waals surface area contributed by atoms with Crippen LogP contribution in [-0.4, -0.2) is 47.9 Å². The first-order valence-corrected chi connectivity index (χ1v) is 7.59. The summed E-state index contributed by atoms with van der Waals surface area (Å²) < 4.78 is 0. The molecular formula is C15H27N3O. The lowest BCUT2D eigenvalue weighted by Gasteiger charge is -2.35. The van der Waals surface area contributed by atoms with Crippen LogP contribution in [0, 0.1) is 5.92 Å². The Labute approximate surface area is 116 Å². The molecule has 4 heteroatoms. The highest BCUT2D eigenvalue weighted by Gasteiger charge is 2.26. The molecule has 2 N–H and O–H groups in total. The van der Waals surface area contributed by atoms with Gasteiger partial charge in [0.25, 0.3) is 0 Å². The zero-order valence-corrected chi connectivity index (χ0v) is 12.3. The summed E-state index contributed by atoms with van der Waals surface area (Å²) in [7, 11) is 0. The largest absolute Gasteiger partial charge is 0.326 e. The highest BCUT2D eigenvalue weighted by Crippen LogP contribution is 2.22. The Bertz CT molecular complexity index is 353. The zero-order valence-electron chi connectivity index (χ0n) is 12.3. The Morgan fingerprint density at radius 1 is 1.58 bits per heavy atom. The van der Waals surface area contributed by atoms with E-state index in [1.165, 1.54) is 12.1 Å². The average Bonchev–Trinajstić information content (AvgIpc) is 2.88. The van der Waals surface area contributed by atoms with E-state index in [1.807, 2.05) is 4.90 Å². The van der Waals surface area contributed by atoms with Crippen LogP contribution in [0.3, 0.4) is 0 Å². The van der Waals surface area contributed by atoms with Gasteiger partial charge in [-0.3, -0.25) is 9.69 Å². The van der Waals surface area contributed by atoms with E-state index in [0.29, 0.717) is 12.5 Å². The predicted octanol–water partition coefficient (Wildman–Crippen LogP) is 1.57. The molecule has 0 saturated carbocycles. The molecule has 0 spiro atoms. The first-order valence-electron chi connectivity index (χ1n) is 7.59. The molecule has 1 fully saturated rings. The molecule has 4 nitrogen and oxygen atoms in total. The summed E-state index contributed by atoms with van der Waals surface area (Å²) >= 11 is 0. The van der Waals surface area contributed by atoms with Crippen molar-refractivity contribution in [2.75, 3.05) is 26.2 Å². The fourth-order valence-corrected chi connectivity index (χ4v) is 3.03. The maximum Gasteiger partial charge on any atom is 0.240 e. The molecule has 1 aliphatic carbocycles. The van der Waals surface area contributed by atoms with Crippen molar-refractivity contribution in [1.29, 1.82) is 0 Å². The van der Waals surface area contributed by atoms with Crippen LogP contribution in [0.25, 0.3) is 0 Å². The zero-order chi connectivity index (χ0) is 13.8. The molecule has 108 valence electrons. The Kier molecular flexibility index (Phi) is 4.99. The molecule has 1 aliphatic heterocycles. The molecule has 1 amide bonds. The van der Waals surface area contributed by atoms with Crippen molar-refractivity contribution in [3.8, 4) is 0 Å². The molecule has 2 aliphatic rings. The van der Waals surface area contributed by atoms with Gasteiger partial charge in [-0.05, 0) is 45.1 Å². The molecule has 2 atom stereocenters. The van der Waals surface area contributed by atoms with Gasteiger partial charge in [0.05, 0.1) is 6.54 Å². The fraction of sp³-hybridized carbons (Fsp3) is 0.800. The number of allylic oxidation sites excluding steroid dienone is 2. The molecule has 19 heavy (non-hydrogen) atoms. The van der Waals surface area contributed by atoms with Crippen LogP contribution >= 0.6 is 0 Å². The normalized spacial score (nSPS) is 28.3. The number of nitrogens with two attached hydrogens (primary N) is 1. The summed E-state index contributed by atoms with van der Waals surface area (Å²) in [5, 5.41) is 0. The van der Waals surface area contributed by atoms with Gasteiger partial charge < -0.3 is 10.6 Å². The number of carbonyl (C=O) groups excluding carboxylic acids is 1. The number of piperidine rings is 1. The Morgan fingerprint density at radius 3 is 2.95 bits per heavy atom. The minimum atomic E-state index is 0.210. The van der Waals surface area contributed by atoms with Crippen LogP contribution in [0.15, 0.2) is 11.8 Å². The van der Waals surface area contributed by atoms with Gasteiger partial charge in [-0.2, -0.15) is 0 Å². The summed E-state index contributed by atoms with van der Waals surface area (Å²) in [5.74, 6) is 0.809. The standard InChI is InChI=1S/C15H27N3O/c1-3-18(13-6-4-5-7-13)15(19)11-17-9-8-12(2)14(16)10-17/h6,12,14H,3-5,7-11,16H2,1-2H3. The smallest absolute Gasteiger partial charge is 0.240 e. The maximum absolute atomic E-state index is 12.4. The molecule has 0 aromatic carbocycles. The molecular weight excluding hydrogens is 238 g/mol. The number of nitrogens with zero attached hydrogens (tertiary/aromatic N) is 2. The summed E-state index contributed by atoms with van der Waals surface area (Å²) in [6.07, 6.45) is 6.67. The Balaban J connectivity index is 1.89. The molecule has 0 aromatic rings. The van der Waals surface area contributed by atoms with E-state index in [9.17, 15) is 4.79 Å². The third-order valence-corrected chi connectivity index (χ3v) is 4.44. The highest BCUT2D eigenvalue weighted by atomic mass is 16.2. The van der Waals surface area contributed by atoms with Gasteiger partial charge in [-0.15, -0.1) is 0 Å². The molecule has 1 heterocycles. The number of hydrogen-bond donors (Lipinski definition) is 1. The molecule has 0 radical (unpaired) electrons. The van der Waals surface area contributed by atoms with Crippen LogP contribution in [0.4, 0.5) is 0 Å². The van der Waals surface area contributed by atoms with Crippen molar-refractivity contribution < 1.29 is 4.79 Å². The summed E-state index contributed by atoms with van der Waals surface area (Å²) in [4.78, 5) is 16.6. The quantitative estimate of drug-likeness (QED) is 0.839. The van der Waals surface area contributed by atoms with Crippen molar-refractivity contribution in [3.05, 3.63) is 11.8 Å². The average molecular weight is 265 g/mol. The van der Waals surface area contributed by atoms with Crippen LogP contribution in [0.5, 0.6) is 0 Å². The van der Waals surface area contributed by atoms with Gasteiger partial charge in [0.1, 0.15) is 0 Å². The van der Waals surface area contributed by atoms with Gasteiger partial charge >= 0.3 is 0 Å². The van der Waals surface area contributed by atoms with E-state index in [4.69, 9.17) is 5.73 Å². The van der Waals surface area contributed by atoms with E-state index in [2.05, 4.69) is 24.8 Å². The highest BCUT2D eigenvalue weighted by molar-refractivity contribution is 5.80. The number of likely N-dealkylation sites (tertiary alicyclic amines) is 1. The second kappa shape index (κ2) is 6.53. The molecule has 2 unspecified atom stereocenters. The maximum atomic E-state index is 12.4. The fourth-order valence-electron chi connectivity index (χ4n) is 3.03. The lowest BCUT2D eigenvalue weighted by atomic mass is 9.94. The summed E-state index contributed by atoms with van der Waals surface area (Å²) in [6.45, 7) is 7.40. The lowest BCUT2D eigenvalue weighted by Crippen LogP contribution is -2.50. The molecule has 0 aromatic heterocycles. The molecule has 1 saturated heterocycles. The summed E-state index contributed by atoms with van der Waals surface area (Å²) in [6, 6.07) is 0.210. The molecule has 2 rings (SSSR count). The van der Waals surface area contributed by atoms with Gasteiger partial charge in [-0.25, -0.2) is 0 Å². The molecule has 0 bridgehead atoms. The van der Waals surface area contributed by atoms with E-state index in [1.54, 1.807) is 0 Å². The van der Waals surface area contributed by atoms with E-state index < -0.39 is 0 Å². The number of hydrogen-bond acceptors (Lipinski definition) is 3. The van der Waals surface area contributed by atoms with E-state index in [0.717, 1.165) is 38.9 Å². The van der Waals surface area contributed by atoms with Crippen LogP contribution in [-0.2, 0) is 4.79 Å². The van der Waals surface area contributed by atoms with Gasteiger partial charge in [-0.1, -0.05) is 13.0 Å². The van der Waals surface area contributed by atoms with Crippen molar-refractivity contribution in [2.24, 2.45) is 11.7 Å². The Morgan fingerprint density at radius 2 is 2.37 bits per heavy atom. The SMILES string of the molecule is CCN(C(=O)CN1CCC(C)C(N)C1)C1=CCCC1. The topological polar surface area (TPSA) is 49.6 Å². The second-order valence-corrected chi connectivity index (χ2v) is 5.89. The van der Waals surface area contributed by atoms with Crippen molar-refractivity contribution >= 4 is 5.91 Å². The van der Waals surface area contributed by atoms with Crippen molar-refractivity contribution in [3.63, 3.8) is 0 Å². The van der Waals surface area contributed by atoms with Gasteiger partial charge in [0.15, 0.2) is 0 Å². The van der Waals surface area contributed by atoms with Gasteiger partial charge in [0, 0.05) is 24.8 Å². The van der Waals surface area contributed by atoms with E-state index in [-0.39, 0.29) is 11.9 Å². The second-order valence-electron chi connectivity index (χ2n) is 5.89. The number of likely N-dealkylation sites (N-methyl/N-ethyl adjacent to an activating group) is 1. The predicted molar refractivity (Wildman–Crippen MR) is 77.5 cm³/mol. The number of amides is 1. The van der Waals surface area contributed by atoms with Crippen molar-refractivity contribution in [2.45, 2.75) is 45.6 Å². The first-order chi connectivity index (χ1) is 9.11. The third kappa shape index (κ3) is 3.57. The van der Waals surface area contributed by atoms with Crippen LogP contribution < -0.4 is 5.73 Å². The minimum absolute atomic E-state index is 0.210. The summed E-state index contributed by atoms with van der Waals surface area (Å²) in [5.41, 5.74) is 7.32. The van der Waals surface area contributed by atoms with Crippen molar-refractivity contribution in [1.82, 2.24) is 9.80 Å². The Hall–Kier alpha value is -0.870. The minimum Gasteiger partial charge on any atom is -0.326 e. The van der Waals surface area contributed by atoms with Gasteiger partial charge in [0.2, 0.25) is 5.91 Å².